The zero-order valence-electron chi connectivity index (χ0n) is 8.41. The van der Waals surface area contributed by atoms with E-state index < -0.39 is 0 Å². The van der Waals surface area contributed by atoms with E-state index in [-0.39, 0.29) is 25.1 Å². The first kappa shape index (κ1) is 10.1. The van der Waals surface area contributed by atoms with Crippen molar-refractivity contribution in [2.24, 2.45) is 0 Å². The molecule has 1 saturated heterocycles. The number of rotatable bonds is 3. The van der Waals surface area contributed by atoms with Crippen molar-refractivity contribution in [1.29, 1.82) is 0 Å². The van der Waals surface area contributed by atoms with Crippen LogP contribution in [0.25, 0.3) is 0 Å². The lowest BCUT2D eigenvalue weighted by Gasteiger charge is -2.22. The van der Waals surface area contributed by atoms with Crippen LogP contribution < -0.4 is 0 Å². The van der Waals surface area contributed by atoms with Crippen molar-refractivity contribution in [3.63, 3.8) is 0 Å². The topological polar surface area (TPSA) is 71.2 Å². The molecule has 82 valence electrons. The van der Waals surface area contributed by atoms with Gasteiger partial charge < -0.3 is 10.0 Å². The quantitative estimate of drug-likeness (QED) is 0.713. The molecule has 0 saturated carbocycles. The van der Waals surface area contributed by atoms with Crippen LogP contribution in [0.15, 0.2) is 12.4 Å². The first-order valence-corrected chi connectivity index (χ1v) is 5.05. The van der Waals surface area contributed by atoms with Gasteiger partial charge in [0.1, 0.15) is 6.54 Å². The minimum atomic E-state index is -0.0129. The smallest absolute Gasteiger partial charge is 0.244 e. The molecule has 0 unspecified atom stereocenters. The second kappa shape index (κ2) is 4.39. The monoisotopic (exact) mass is 210 g/mol. The van der Waals surface area contributed by atoms with E-state index in [4.69, 9.17) is 5.11 Å². The van der Waals surface area contributed by atoms with E-state index in [9.17, 15) is 4.79 Å². The zero-order valence-corrected chi connectivity index (χ0v) is 8.41. The Labute approximate surface area is 87.5 Å². The summed E-state index contributed by atoms with van der Waals surface area (Å²) in [4.78, 5) is 13.5. The van der Waals surface area contributed by atoms with Gasteiger partial charge in [-0.15, -0.1) is 5.10 Å². The van der Waals surface area contributed by atoms with E-state index in [2.05, 4.69) is 10.3 Å². The lowest BCUT2D eigenvalue weighted by molar-refractivity contribution is -0.133. The van der Waals surface area contributed by atoms with E-state index >= 15 is 0 Å². The maximum absolute atomic E-state index is 11.8. The van der Waals surface area contributed by atoms with Gasteiger partial charge >= 0.3 is 0 Å². The fourth-order valence-corrected chi connectivity index (χ4v) is 1.90. The molecule has 0 radical (unpaired) electrons. The summed E-state index contributed by atoms with van der Waals surface area (Å²) in [5.41, 5.74) is 0. The van der Waals surface area contributed by atoms with Crippen LogP contribution in [0.3, 0.4) is 0 Å². The van der Waals surface area contributed by atoms with E-state index in [0.29, 0.717) is 0 Å². The number of amides is 1. The summed E-state index contributed by atoms with van der Waals surface area (Å²) in [7, 11) is 0. The average Bonchev–Trinajstić information content (AvgIpc) is 2.86. The molecule has 1 fully saturated rings. The highest BCUT2D eigenvalue weighted by atomic mass is 16.3. The summed E-state index contributed by atoms with van der Waals surface area (Å²) in [6, 6.07) is -0.0129. The molecule has 1 N–H and O–H groups in total. The van der Waals surface area contributed by atoms with Gasteiger partial charge in [0.2, 0.25) is 5.91 Å². The molecular formula is C9H14N4O2. The Morgan fingerprint density at radius 3 is 3.13 bits per heavy atom. The van der Waals surface area contributed by atoms with Crippen molar-refractivity contribution >= 4 is 5.91 Å². The van der Waals surface area contributed by atoms with Crippen molar-refractivity contribution in [3.8, 4) is 0 Å². The number of aliphatic hydroxyl groups excluding tert-OH is 1. The van der Waals surface area contributed by atoms with Gasteiger partial charge in [0.05, 0.1) is 18.8 Å². The van der Waals surface area contributed by atoms with Crippen LogP contribution in [-0.2, 0) is 11.3 Å². The molecule has 1 aliphatic heterocycles. The Morgan fingerprint density at radius 2 is 2.47 bits per heavy atom. The Hall–Kier alpha value is -1.43. The minimum absolute atomic E-state index is 0.00273. The molecule has 15 heavy (non-hydrogen) atoms. The number of aromatic nitrogens is 3. The first-order chi connectivity index (χ1) is 7.31. The predicted molar refractivity (Wildman–Crippen MR) is 51.8 cm³/mol. The molecule has 0 spiro atoms. The Balaban J connectivity index is 1.96. The molecule has 2 heterocycles. The molecule has 1 amide bonds. The van der Waals surface area contributed by atoms with Crippen LogP contribution in [0.2, 0.25) is 0 Å². The maximum atomic E-state index is 11.8. The van der Waals surface area contributed by atoms with Crippen molar-refractivity contribution in [1.82, 2.24) is 19.9 Å². The SMILES string of the molecule is O=C(Cn1ccnn1)N1CCC[C@@H]1CO. The van der Waals surface area contributed by atoms with Crippen molar-refractivity contribution < 1.29 is 9.90 Å². The van der Waals surface area contributed by atoms with E-state index in [1.165, 1.54) is 4.68 Å². The standard InChI is InChI=1S/C9H14N4O2/c14-7-8-2-1-4-13(8)9(15)6-12-5-3-10-11-12/h3,5,8,14H,1-2,4,6-7H2/t8-/m1/s1. The molecule has 1 atom stereocenters. The summed E-state index contributed by atoms with van der Waals surface area (Å²) in [5.74, 6) is -0.00273. The second-order valence-electron chi connectivity index (χ2n) is 3.67. The summed E-state index contributed by atoms with van der Waals surface area (Å²) < 4.78 is 1.50. The highest BCUT2D eigenvalue weighted by molar-refractivity contribution is 5.76. The third-order valence-corrected chi connectivity index (χ3v) is 2.68. The molecule has 6 heteroatoms. The zero-order chi connectivity index (χ0) is 10.7. The fraction of sp³-hybridized carbons (Fsp3) is 0.667. The maximum Gasteiger partial charge on any atom is 0.244 e. The van der Waals surface area contributed by atoms with Gasteiger partial charge in [-0.1, -0.05) is 5.21 Å². The molecule has 6 nitrogen and oxygen atoms in total. The van der Waals surface area contributed by atoms with Crippen molar-refractivity contribution in [2.75, 3.05) is 13.2 Å². The number of carbonyl (C=O) groups is 1. The Morgan fingerprint density at radius 1 is 1.60 bits per heavy atom. The molecule has 0 aliphatic carbocycles. The van der Waals surface area contributed by atoms with E-state index in [1.807, 2.05) is 0 Å². The number of aliphatic hydroxyl groups is 1. The molecule has 1 aliphatic rings. The van der Waals surface area contributed by atoms with Gasteiger partial charge in [-0.25, -0.2) is 4.68 Å². The van der Waals surface area contributed by atoms with Gasteiger partial charge in [-0.3, -0.25) is 4.79 Å². The van der Waals surface area contributed by atoms with Crippen molar-refractivity contribution in [2.45, 2.75) is 25.4 Å². The second-order valence-corrected chi connectivity index (χ2v) is 3.67. The third-order valence-electron chi connectivity index (χ3n) is 2.68. The number of hydrogen-bond acceptors (Lipinski definition) is 4. The minimum Gasteiger partial charge on any atom is -0.394 e. The van der Waals surface area contributed by atoms with Crippen LogP contribution >= 0.6 is 0 Å². The highest BCUT2D eigenvalue weighted by Gasteiger charge is 2.27. The normalized spacial score (nSPS) is 20.9. The summed E-state index contributed by atoms with van der Waals surface area (Å²) in [6.07, 6.45) is 5.05. The molecular weight excluding hydrogens is 196 g/mol. The van der Waals surface area contributed by atoms with Crippen LogP contribution in [0.1, 0.15) is 12.8 Å². The van der Waals surface area contributed by atoms with Gasteiger partial charge in [-0.2, -0.15) is 0 Å². The molecule has 0 aromatic carbocycles. The lowest BCUT2D eigenvalue weighted by atomic mass is 10.2. The molecule has 1 aromatic heterocycles. The predicted octanol–water partition coefficient (Wildman–Crippen LogP) is -0.739. The van der Waals surface area contributed by atoms with Crippen LogP contribution in [-0.4, -0.2) is 50.1 Å². The average molecular weight is 210 g/mol. The van der Waals surface area contributed by atoms with Crippen LogP contribution in [0.5, 0.6) is 0 Å². The van der Waals surface area contributed by atoms with E-state index in [1.54, 1.807) is 17.3 Å². The van der Waals surface area contributed by atoms with Crippen molar-refractivity contribution in [3.05, 3.63) is 12.4 Å². The van der Waals surface area contributed by atoms with Crippen LogP contribution in [0.4, 0.5) is 0 Å². The first-order valence-electron chi connectivity index (χ1n) is 5.05. The summed E-state index contributed by atoms with van der Waals surface area (Å²) >= 11 is 0. The lowest BCUT2D eigenvalue weighted by Crippen LogP contribution is -2.39. The van der Waals surface area contributed by atoms with Gasteiger partial charge in [0.25, 0.3) is 0 Å². The molecule has 2 rings (SSSR count). The van der Waals surface area contributed by atoms with Gasteiger partial charge in [0.15, 0.2) is 0 Å². The molecule has 1 aromatic rings. The number of carbonyl (C=O) groups excluding carboxylic acids is 1. The summed E-state index contributed by atoms with van der Waals surface area (Å²) in [5, 5.41) is 16.5. The van der Waals surface area contributed by atoms with Crippen LogP contribution in [0, 0.1) is 0 Å². The highest BCUT2D eigenvalue weighted by Crippen LogP contribution is 2.16. The third kappa shape index (κ3) is 2.15. The van der Waals surface area contributed by atoms with Gasteiger partial charge in [-0.05, 0) is 12.8 Å². The van der Waals surface area contributed by atoms with Gasteiger partial charge in [0, 0.05) is 12.7 Å². The fourth-order valence-electron chi connectivity index (χ4n) is 1.90. The molecule has 0 bridgehead atoms. The Bertz CT molecular complexity index is 325. The summed E-state index contributed by atoms with van der Waals surface area (Å²) in [6.45, 7) is 0.984. The number of hydrogen-bond donors (Lipinski definition) is 1. The number of likely N-dealkylation sites (tertiary alicyclic amines) is 1. The largest absolute Gasteiger partial charge is 0.394 e. The number of nitrogens with zero attached hydrogens (tertiary/aromatic N) is 4. The Kier molecular flexibility index (Phi) is 2.96. The van der Waals surface area contributed by atoms with E-state index in [0.717, 1.165) is 19.4 Å².